The number of nitrogens with one attached hydrogen (secondary N) is 2. The lowest BCUT2D eigenvalue weighted by Crippen LogP contribution is -2.33. The van der Waals surface area contributed by atoms with Gasteiger partial charge in [0.1, 0.15) is 22.9 Å². The lowest BCUT2D eigenvalue weighted by molar-refractivity contribution is 0.0948. The monoisotopic (exact) mass is 528 g/mol. The summed E-state index contributed by atoms with van der Waals surface area (Å²) in [7, 11) is 0. The number of rotatable bonds is 9. The Labute approximate surface area is 227 Å². The number of aldehydes is 1. The van der Waals surface area contributed by atoms with E-state index in [4.69, 9.17) is 9.15 Å². The Hall–Kier alpha value is -3.97. The number of carbonyl (C=O) groups excluding carboxylic acids is 2. The van der Waals surface area contributed by atoms with Crippen molar-refractivity contribution in [2.75, 3.05) is 26.2 Å². The minimum Gasteiger partial charge on any atom is -0.493 e. The van der Waals surface area contributed by atoms with Gasteiger partial charge in [-0.05, 0) is 85.5 Å². The number of piperidine rings is 1. The largest absolute Gasteiger partial charge is 0.493 e. The predicted octanol–water partition coefficient (Wildman–Crippen LogP) is 6.48. The van der Waals surface area contributed by atoms with Crippen molar-refractivity contribution in [1.29, 1.82) is 0 Å². The number of carbonyl (C=O) groups is 2. The first kappa shape index (κ1) is 26.6. The van der Waals surface area contributed by atoms with E-state index in [-0.39, 0.29) is 11.7 Å². The maximum absolute atomic E-state index is 13.5. The van der Waals surface area contributed by atoms with Crippen LogP contribution in [0.5, 0.6) is 5.75 Å². The maximum Gasteiger partial charge on any atom is 0.251 e. The van der Waals surface area contributed by atoms with Crippen molar-refractivity contribution in [1.82, 2.24) is 10.6 Å². The number of amides is 1. The molecule has 1 aliphatic heterocycles. The molecule has 1 aliphatic rings. The Morgan fingerprint density at radius 1 is 1.13 bits per heavy atom. The molecule has 3 aromatic carbocycles. The fourth-order valence-corrected chi connectivity index (χ4v) is 4.91. The topological polar surface area (TPSA) is 80.6 Å². The van der Waals surface area contributed by atoms with Gasteiger partial charge in [0.25, 0.3) is 5.91 Å². The van der Waals surface area contributed by atoms with Crippen LogP contribution >= 0.6 is 0 Å². The van der Waals surface area contributed by atoms with Crippen LogP contribution < -0.4 is 15.4 Å². The van der Waals surface area contributed by atoms with Gasteiger partial charge in [-0.2, -0.15) is 0 Å². The highest BCUT2D eigenvalue weighted by atomic mass is 19.1. The molecule has 0 bridgehead atoms. The minimum absolute atomic E-state index is 0.149. The van der Waals surface area contributed by atoms with Gasteiger partial charge in [-0.3, -0.25) is 9.59 Å². The highest BCUT2D eigenvalue weighted by Crippen LogP contribution is 2.38. The predicted molar refractivity (Wildman–Crippen MR) is 151 cm³/mol. The van der Waals surface area contributed by atoms with Crippen LogP contribution in [0.15, 0.2) is 65.1 Å². The SMILES string of the molecule is CC(C)CNC(=O)c1ccc(OCC2CCCNC2)c(-c2ccc3oc(-c4ccc(F)cc4)c(C=O)c3c2)c1. The van der Waals surface area contributed by atoms with Crippen LogP contribution in [-0.4, -0.2) is 38.4 Å². The normalized spacial score (nSPS) is 15.4. The zero-order chi connectivity index (χ0) is 27.4. The number of benzene rings is 3. The average molecular weight is 529 g/mol. The van der Waals surface area contributed by atoms with E-state index >= 15 is 0 Å². The lowest BCUT2D eigenvalue weighted by Gasteiger charge is -2.23. The van der Waals surface area contributed by atoms with Gasteiger partial charge in [0, 0.05) is 41.1 Å². The summed E-state index contributed by atoms with van der Waals surface area (Å²) in [5.41, 5.74) is 3.64. The van der Waals surface area contributed by atoms with E-state index in [0.29, 0.717) is 64.2 Å². The van der Waals surface area contributed by atoms with E-state index in [0.717, 1.165) is 43.3 Å². The average Bonchev–Trinajstić information content (AvgIpc) is 3.33. The number of halogens is 1. The van der Waals surface area contributed by atoms with Crippen molar-refractivity contribution >= 4 is 23.2 Å². The van der Waals surface area contributed by atoms with Crippen molar-refractivity contribution in [3.63, 3.8) is 0 Å². The zero-order valence-corrected chi connectivity index (χ0v) is 22.3. The van der Waals surface area contributed by atoms with Crippen LogP contribution in [0.1, 0.15) is 47.4 Å². The molecule has 1 unspecified atom stereocenters. The second kappa shape index (κ2) is 11.8. The molecule has 1 fully saturated rings. The zero-order valence-electron chi connectivity index (χ0n) is 22.3. The summed E-state index contributed by atoms with van der Waals surface area (Å²) in [6.45, 7) is 7.20. The number of ether oxygens (including phenoxy) is 1. The summed E-state index contributed by atoms with van der Waals surface area (Å²) in [6.07, 6.45) is 2.99. The number of fused-ring (bicyclic) bond motifs is 1. The van der Waals surface area contributed by atoms with Gasteiger partial charge in [0.15, 0.2) is 6.29 Å². The van der Waals surface area contributed by atoms with Crippen molar-refractivity contribution in [2.24, 2.45) is 11.8 Å². The Morgan fingerprint density at radius 2 is 1.92 bits per heavy atom. The first-order chi connectivity index (χ1) is 18.9. The van der Waals surface area contributed by atoms with Gasteiger partial charge >= 0.3 is 0 Å². The molecule has 1 amide bonds. The molecule has 0 aliphatic carbocycles. The van der Waals surface area contributed by atoms with Gasteiger partial charge in [-0.15, -0.1) is 0 Å². The third kappa shape index (κ3) is 6.04. The molecule has 2 N–H and O–H groups in total. The molecular weight excluding hydrogens is 495 g/mol. The fraction of sp³-hybridized carbons (Fsp3) is 0.312. The Bertz CT molecular complexity index is 1470. The molecule has 2 heterocycles. The molecule has 39 heavy (non-hydrogen) atoms. The van der Waals surface area contributed by atoms with Gasteiger partial charge in [0.05, 0.1) is 12.2 Å². The van der Waals surface area contributed by atoms with Crippen LogP contribution in [0.25, 0.3) is 33.4 Å². The Morgan fingerprint density at radius 3 is 2.64 bits per heavy atom. The summed E-state index contributed by atoms with van der Waals surface area (Å²) >= 11 is 0. The first-order valence-corrected chi connectivity index (χ1v) is 13.5. The molecule has 7 heteroatoms. The third-order valence-electron chi connectivity index (χ3n) is 7.05. The van der Waals surface area contributed by atoms with Crippen molar-refractivity contribution < 1.29 is 23.1 Å². The molecule has 0 saturated carbocycles. The summed E-state index contributed by atoms with van der Waals surface area (Å²) in [4.78, 5) is 25.1. The van der Waals surface area contributed by atoms with Crippen LogP contribution in [-0.2, 0) is 0 Å². The first-order valence-electron chi connectivity index (χ1n) is 13.5. The van der Waals surface area contributed by atoms with Crippen LogP contribution in [0.4, 0.5) is 4.39 Å². The van der Waals surface area contributed by atoms with Gasteiger partial charge in [-0.25, -0.2) is 4.39 Å². The Kier molecular flexibility index (Phi) is 8.07. The number of furan rings is 1. The van der Waals surface area contributed by atoms with Crippen LogP contribution in [0.2, 0.25) is 0 Å². The summed E-state index contributed by atoms with van der Waals surface area (Å²) in [6, 6.07) is 16.9. The molecule has 0 spiro atoms. The molecular formula is C32H33FN2O4. The number of hydrogen-bond acceptors (Lipinski definition) is 5. The van der Waals surface area contributed by atoms with Crippen molar-refractivity contribution in [3.8, 4) is 28.2 Å². The third-order valence-corrected chi connectivity index (χ3v) is 7.05. The molecule has 5 rings (SSSR count). The standard InChI is InChI=1S/C32H33FN2O4/c1-20(2)16-35-32(37)24-8-11-29(38-19-21-4-3-13-34-17-21)26(15-24)23-7-12-30-27(14-23)28(18-36)31(39-30)22-5-9-25(33)10-6-22/h5-12,14-15,18,20-21,34H,3-4,13,16-17,19H2,1-2H3,(H,35,37). The van der Waals surface area contributed by atoms with E-state index in [1.807, 2.05) is 44.2 Å². The minimum atomic E-state index is -0.362. The molecule has 1 atom stereocenters. The maximum atomic E-state index is 13.5. The highest BCUT2D eigenvalue weighted by Gasteiger charge is 2.20. The second-order valence-electron chi connectivity index (χ2n) is 10.5. The lowest BCUT2D eigenvalue weighted by atomic mass is 9.98. The van der Waals surface area contributed by atoms with Crippen LogP contribution in [0, 0.1) is 17.7 Å². The molecule has 202 valence electrons. The molecule has 1 aromatic heterocycles. The smallest absolute Gasteiger partial charge is 0.251 e. The van der Waals surface area contributed by atoms with Crippen molar-refractivity contribution in [2.45, 2.75) is 26.7 Å². The highest BCUT2D eigenvalue weighted by molar-refractivity contribution is 6.04. The van der Waals surface area contributed by atoms with Gasteiger partial charge < -0.3 is 19.8 Å². The van der Waals surface area contributed by atoms with Crippen molar-refractivity contribution in [3.05, 3.63) is 77.6 Å². The van der Waals surface area contributed by atoms with E-state index in [1.54, 1.807) is 18.2 Å². The summed E-state index contributed by atoms with van der Waals surface area (Å²) < 4.78 is 25.8. The molecule has 0 radical (unpaired) electrons. The van der Waals surface area contributed by atoms with E-state index in [9.17, 15) is 14.0 Å². The fourth-order valence-electron chi connectivity index (χ4n) is 4.91. The summed E-state index contributed by atoms with van der Waals surface area (Å²) in [5.74, 6) is 1.30. The van der Waals surface area contributed by atoms with E-state index in [1.165, 1.54) is 12.1 Å². The van der Waals surface area contributed by atoms with Gasteiger partial charge in [0.2, 0.25) is 0 Å². The second-order valence-corrected chi connectivity index (χ2v) is 10.5. The molecule has 1 saturated heterocycles. The van der Waals surface area contributed by atoms with Crippen LogP contribution in [0.3, 0.4) is 0 Å². The quantitative estimate of drug-likeness (QED) is 0.243. The molecule has 6 nitrogen and oxygen atoms in total. The Balaban J connectivity index is 1.54. The van der Waals surface area contributed by atoms with Gasteiger partial charge in [-0.1, -0.05) is 19.9 Å². The van der Waals surface area contributed by atoms with E-state index < -0.39 is 0 Å². The molecule has 4 aromatic rings. The number of hydrogen-bond donors (Lipinski definition) is 2. The van der Waals surface area contributed by atoms with E-state index in [2.05, 4.69) is 10.6 Å². The summed E-state index contributed by atoms with van der Waals surface area (Å²) in [5, 5.41) is 7.03.